The minimum atomic E-state index is -4.47. The number of ether oxygens (including phenoxy) is 1. The minimum Gasteiger partial charge on any atom is -0.495 e. The van der Waals surface area contributed by atoms with Crippen LogP contribution in [0.15, 0.2) is 82.7 Å². The van der Waals surface area contributed by atoms with E-state index in [-0.39, 0.29) is 22.2 Å². The van der Waals surface area contributed by atoms with Crippen molar-refractivity contribution in [3.63, 3.8) is 0 Å². The van der Waals surface area contributed by atoms with Crippen molar-refractivity contribution < 1.29 is 22.7 Å². The van der Waals surface area contributed by atoms with E-state index in [4.69, 9.17) is 9.72 Å². The number of fused-ring (bicyclic) bond motifs is 3. The molecule has 0 bridgehead atoms. The molecule has 0 atom stereocenters. The molecule has 0 spiro atoms. The normalized spacial score (nSPS) is 11.7. The Morgan fingerprint density at radius 1 is 1.05 bits per heavy atom. The van der Waals surface area contributed by atoms with Gasteiger partial charge in [0.25, 0.3) is 5.56 Å². The van der Waals surface area contributed by atoms with E-state index >= 15 is 0 Å². The summed E-state index contributed by atoms with van der Waals surface area (Å²) in [5.74, 6) is -0.168. The van der Waals surface area contributed by atoms with Crippen LogP contribution in [0.5, 0.6) is 5.75 Å². The molecule has 0 aliphatic heterocycles. The summed E-state index contributed by atoms with van der Waals surface area (Å²) in [7, 11) is 1.49. The molecule has 2 N–H and O–H groups in total. The van der Waals surface area contributed by atoms with Crippen LogP contribution in [-0.2, 0) is 11.0 Å². The van der Waals surface area contributed by atoms with Gasteiger partial charge in [-0.1, -0.05) is 42.1 Å². The zero-order valence-electron chi connectivity index (χ0n) is 19.3. The van der Waals surface area contributed by atoms with Gasteiger partial charge in [0.15, 0.2) is 5.16 Å². The maximum Gasteiger partial charge on any atom is 0.416 e. The standard InChI is InChI=1S/C26H19F3N4O3S/c1-36-20-9-5-4-8-19(20)33-24(35)23-22(17-6-2-3-7-18(17)31-23)32-25(33)37-14-21(34)30-16-12-10-15(11-13-16)26(27,28)29/h2-13,31H,14H2,1H3,(H,30,34). The maximum absolute atomic E-state index is 13.7. The third kappa shape index (κ3) is 4.77. The van der Waals surface area contributed by atoms with E-state index in [0.717, 1.165) is 34.8 Å². The quantitative estimate of drug-likeness (QED) is 0.222. The molecule has 37 heavy (non-hydrogen) atoms. The van der Waals surface area contributed by atoms with Gasteiger partial charge in [-0.25, -0.2) is 9.55 Å². The maximum atomic E-state index is 13.7. The zero-order chi connectivity index (χ0) is 26.2. The predicted molar refractivity (Wildman–Crippen MR) is 137 cm³/mol. The summed E-state index contributed by atoms with van der Waals surface area (Å²) in [5, 5.41) is 3.60. The number of benzene rings is 3. The first-order valence-electron chi connectivity index (χ1n) is 11.0. The average molecular weight is 525 g/mol. The number of para-hydroxylation sites is 3. The molecule has 0 saturated heterocycles. The van der Waals surface area contributed by atoms with Crippen molar-refractivity contribution in [2.24, 2.45) is 0 Å². The second-order valence-electron chi connectivity index (χ2n) is 8.01. The first-order chi connectivity index (χ1) is 17.8. The lowest BCUT2D eigenvalue weighted by molar-refractivity contribution is -0.137. The van der Waals surface area contributed by atoms with E-state index in [1.807, 2.05) is 24.3 Å². The molecule has 0 aliphatic carbocycles. The summed E-state index contributed by atoms with van der Waals surface area (Å²) in [4.78, 5) is 34.2. The van der Waals surface area contributed by atoms with E-state index in [0.29, 0.717) is 22.5 Å². The number of hydrogen-bond acceptors (Lipinski definition) is 5. The molecule has 5 rings (SSSR count). The van der Waals surface area contributed by atoms with Crippen LogP contribution in [0.4, 0.5) is 18.9 Å². The first kappa shape index (κ1) is 24.4. The topological polar surface area (TPSA) is 89.0 Å². The lowest BCUT2D eigenvalue weighted by atomic mass is 10.2. The third-order valence-corrected chi connectivity index (χ3v) is 6.59. The van der Waals surface area contributed by atoms with Gasteiger partial charge in [0, 0.05) is 16.6 Å². The molecule has 0 radical (unpaired) electrons. The molecule has 5 aromatic rings. The molecule has 188 valence electrons. The van der Waals surface area contributed by atoms with Gasteiger partial charge in [-0.05, 0) is 42.5 Å². The second-order valence-corrected chi connectivity index (χ2v) is 8.96. The summed E-state index contributed by atoms with van der Waals surface area (Å²) >= 11 is 1.03. The van der Waals surface area contributed by atoms with Crippen LogP contribution >= 0.6 is 11.8 Å². The Bertz CT molecular complexity index is 1680. The number of alkyl halides is 3. The highest BCUT2D eigenvalue weighted by molar-refractivity contribution is 7.99. The number of thioether (sulfide) groups is 1. The largest absolute Gasteiger partial charge is 0.495 e. The molecule has 7 nitrogen and oxygen atoms in total. The number of carbonyl (C=O) groups excluding carboxylic acids is 1. The van der Waals surface area contributed by atoms with Crippen molar-refractivity contribution in [2.45, 2.75) is 11.3 Å². The number of aromatic nitrogens is 3. The van der Waals surface area contributed by atoms with E-state index in [1.165, 1.54) is 23.8 Å². The Morgan fingerprint density at radius 3 is 2.49 bits per heavy atom. The van der Waals surface area contributed by atoms with E-state index in [1.54, 1.807) is 24.3 Å². The Balaban J connectivity index is 1.51. The van der Waals surface area contributed by atoms with Gasteiger partial charge in [0.1, 0.15) is 16.8 Å². The van der Waals surface area contributed by atoms with Gasteiger partial charge in [-0.15, -0.1) is 0 Å². The van der Waals surface area contributed by atoms with Crippen LogP contribution in [0.25, 0.3) is 27.6 Å². The van der Waals surface area contributed by atoms with Crippen LogP contribution in [0.1, 0.15) is 5.56 Å². The Morgan fingerprint density at radius 2 is 1.76 bits per heavy atom. The van der Waals surface area contributed by atoms with Gasteiger partial charge < -0.3 is 15.0 Å². The van der Waals surface area contributed by atoms with Gasteiger partial charge in [-0.3, -0.25) is 9.59 Å². The van der Waals surface area contributed by atoms with Crippen molar-refractivity contribution in [3.8, 4) is 11.4 Å². The number of hydrogen-bond donors (Lipinski definition) is 2. The van der Waals surface area contributed by atoms with E-state index in [2.05, 4.69) is 10.3 Å². The number of H-pyrrole nitrogens is 1. The highest BCUT2D eigenvalue weighted by Crippen LogP contribution is 2.31. The van der Waals surface area contributed by atoms with E-state index in [9.17, 15) is 22.8 Å². The molecule has 0 saturated carbocycles. The first-order valence-corrected chi connectivity index (χ1v) is 12.0. The summed E-state index contributed by atoms with van der Waals surface area (Å²) in [6, 6.07) is 18.5. The van der Waals surface area contributed by atoms with Crippen LogP contribution < -0.4 is 15.6 Å². The molecule has 2 heterocycles. The summed E-state index contributed by atoms with van der Waals surface area (Å²) in [5.41, 5.74) is 1.03. The monoisotopic (exact) mass is 524 g/mol. The third-order valence-electron chi connectivity index (χ3n) is 5.65. The van der Waals surface area contributed by atoms with Crippen molar-refractivity contribution >= 4 is 45.3 Å². The summed E-state index contributed by atoms with van der Waals surface area (Å²) in [6.07, 6.45) is -4.47. The number of amides is 1. The molecule has 0 aliphatic rings. The number of rotatable bonds is 6. The highest BCUT2D eigenvalue weighted by Gasteiger charge is 2.30. The smallest absolute Gasteiger partial charge is 0.416 e. The average Bonchev–Trinajstić information content (AvgIpc) is 3.26. The van der Waals surface area contributed by atoms with Crippen molar-refractivity contribution in [1.29, 1.82) is 0 Å². The summed E-state index contributed by atoms with van der Waals surface area (Å²) in [6.45, 7) is 0. The highest BCUT2D eigenvalue weighted by atomic mass is 32.2. The predicted octanol–water partition coefficient (Wildman–Crippen LogP) is 5.63. The fourth-order valence-corrected chi connectivity index (χ4v) is 4.73. The van der Waals surface area contributed by atoms with E-state index < -0.39 is 17.6 Å². The van der Waals surface area contributed by atoms with Crippen molar-refractivity contribution in [3.05, 3.63) is 88.7 Å². The molecule has 0 unspecified atom stereocenters. The van der Waals surface area contributed by atoms with Crippen LogP contribution in [0.3, 0.4) is 0 Å². The number of halogens is 3. The second kappa shape index (κ2) is 9.66. The molecule has 11 heteroatoms. The molecular formula is C26H19F3N4O3S. The fraction of sp³-hybridized carbons (Fsp3) is 0.115. The zero-order valence-corrected chi connectivity index (χ0v) is 20.1. The van der Waals surface area contributed by atoms with Crippen LogP contribution in [0.2, 0.25) is 0 Å². The number of nitrogens with one attached hydrogen (secondary N) is 2. The number of carbonyl (C=O) groups is 1. The SMILES string of the molecule is COc1ccccc1-n1c(SCC(=O)Nc2ccc(C(F)(F)F)cc2)nc2c([nH]c3ccccc32)c1=O. The molecular weight excluding hydrogens is 505 g/mol. The van der Waals surface area contributed by atoms with Gasteiger partial charge in [-0.2, -0.15) is 13.2 Å². The lowest BCUT2D eigenvalue weighted by Gasteiger charge is -2.15. The number of nitrogens with zero attached hydrogens (tertiary/aromatic N) is 2. The fourth-order valence-electron chi connectivity index (χ4n) is 3.94. The van der Waals surface area contributed by atoms with Crippen LogP contribution in [-0.4, -0.2) is 33.3 Å². The molecule has 2 aromatic heterocycles. The number of anilines is 1. The van der Waals surface area contributed by atoms with Gasteiger partial charge >= 0.3 is 6.18 Å². The Hall–Kier alpha value is -4.25. The van der Waals surface area contributed by atoms with Gasteiger partial charge in [0.2, 0.25) is 5.91 Å². The number of methoxy groups -OCH3 is 1. The Labute approximate surface area is 212 Å². The van der Waals surface area contributed by atoms with Gasteiger partial charge in [0.05, 0.1) is 24.1 Å². The minimum absolute atomic E-state index is 0.142. The summed E-state index contributed by atoms with van der Waals surface area (Å²) < 4.78 is 45.2. The molecule has 1 amide bonds. The molecule has 0 fully saturated rings. The van der Waals surface area contributed by atoms with Crippen molar-refractivity contribution in [1.82, 2.24) is 14.5 Å². The Kier molecular flexibility index (Phi) is 6.38. The van der Waals surface area contributed by atoms with Crippen LogP contribution in [0, 0.1) is 0 Å². The number of aromatic amines is 1. The van der Waals surface area contributed by atoms with Crippen molar-refractivity contribution in [2.75, 3.05) is 18.2 Å². The molecule has 3 aromatic carbocycles. The lowest BCUT2D eigenvalue weighted by Crippen LogP contribution is -2.23.